The van der Waals surface area contributed by atoms with E-state index in [2.05, 4.69) is 31.4 Å². The Hall–Kier alpha value is -1.26. The van der Waals surface area contributed by atoms with Crippen molar-refractivity contribution in [3.8, 4) is 5.75 Å². The number of carbonyl (C=O) groups excluding carboxylic acids is 1. The van der Waals surface area contributed by atoms with Crippen molar-refractivity contribution in [2.24, 2.45) is 5.92 Å². The molecule has 1 aromatic carbocycles. The highest BCUT2D eigenvalue weighted by atomic mass is 35.5. The molecule has 1 amide bonds. The Balaban J connectivity index is 0.00000529. The van der Waals surface area contributed by atoms with Crippen LogP contribution in [0.4, 0.5) is 0 Å². The van der Waals surface area contributed by atoms with Crippen molar-refractivity contribution in [1.82, 2.24) is 10.6 Å². The molecule has 0 saturated carbocycles. The molecule has 0 aromatic heterocycles. The van der Waals surface area contributed by atoms with Gasteiger partial charge in [-0.2, -0.15) is 0 Å². The second kappa shape index (κ2) is 11.3. The number of benzene rings is 1. The molecule has 1 rings (SSSR count). The predicted octanol–water partition coefficient (Wildman–Crippen LogP) is 3.54. The van der Waals surface area contributed by atoms with E-state index in [0.29, 0.717) is 19.1 Å². The first-order valence-electron chi connectivity index (χ1n) is 8.60. The third kappa shape index (κ3) is 7.54. The summed E-state index contributed by atoms with van der Waals surface area (Å²) in [6, 6.07) is 7.83. The van der Waals surface area contributed by atoms with Gasteiger partial charge in [-0.1, -0.05) is 32.9 Å². The van der Waals surface area contributed by atoms with Crippen LogP contribution in [0.15, 0.2) is 24.3 Å². The van der Waals surface area contributed by atoms with Crippen LogP contribution in [0.3, 0.4) is 0 Å². The molecular formula is C19H33ClN2O2. The molecule has 1 aromatic rings. The van der Waals surface area contributed by atoms with Crippen LogP contribution in [0.25, 0.3) is 0 Å². The SMILES string of the molecule is CCCNCCNC(=O)C(C)(C)c1ccc(OCC(C)C)cc1.Cl. The molecule has 0 atom stereocenters. The lowest BCUT2D eigenvalue weighted by Crippen LogP contribution is -2.42. The molecule has 0 spiro atoms. The van der Waals surface area contributed by atoms with Gasteiger partial charge >= 0.3 is 0 Å². The molecule has 5 heteroatoms. The van der Waals surface area contributed by atoms with Crippen molar-refractivity contribution < 1.29 is 9.53 Å². The van der Waals surface area contributed by atoms with Gasteiger partial charge in [-0.05, 0) is 50.4 Å². The number of ether oxygens (including phenoxy) is 1. The van der Waals surface area contributed by atoms with Crippen LogP contribution < -0.4 is 15.4 Å². The van der Waals surface area contributed by atoms with Crippen molar-refractivity contribution >= 4 is 18.3 Å². The van der Waals surface area contributed by atoms with E-state index in [1.54, 1.807) is 0 Å². The molecule has 0 unspecified atom stereocenters. The minimum Gasteiger partial charge on any atom is -0.493 e. The van der Waals surface area contributed by atoms with Crippen LogP contribution in [0.5, 0.6) is 5.75 Å². The van der Waals surface area contributed by atoms with Crippen molar-refractivity contribution in [2.45, 2.75) is 46.5 Å². The maximum atomic E-state index is 12.4. The van der Waals surface area contributed by atoms with Crippen molar-refractivity contribution in [3.05, 3.63) is 29.8 Å². The Morgan fingerprint density at radius 2 is 1.75 bits per heavy atom. The Labute approximate surface area is 153 Å². The molecular weight excluding hydrogens is 324 g/mol. The Morgan fingerprint density at radius 3 is 2.29 bits per heavy atom. The van der Waals surface area contributed by atoms with E-state index in [1.807, 2.05) is 38.1 Å². The van der Waals surface area contributed by atoms with Crippen molar-refractivity contribution in [3.63, 3.8) is 0 Å². The first-order valence-corrected chi connectivity index (χ1v) is 8.60. The average molecular weight is 357 g/mol. The van der Waals surface area contributed by atoms with Gasteiger partial charge in [-0.25, -0.2) is 0 Å². The van der Waals surface area contributed by atoms with E-state index in [-0.39, 0.29) is 18.3 Å². The molecule has 0 aliphatic rings. The summed E-state index contributed by atoms with van der Waals surface area (Å²) >= 11 is 0. The van der Waals surface area contributed by atoms with Gasteiger partial charge < -0.3 is 15.4 Å². The van der Waals surface area contributed by atoms with Gasteiger partial charge in [0.05, 0.1) is 12.0 Å². The van der Waals surface area contributed by atoms with Gasteiger partial charge in [0.25, 0.3) is 0 Å². The summed E-state index contributed by atoms with van der Waals surface area (Å²) in [7, 11) is 0. The summed E-state index contributed by atoms with van der Waals surface area (Å²) in [6.07, 6.45) is 1.10. The average Bonchev–Trinajstić information content (AvgIpc) is 2.52. The quantitative estimate of drug-likeness (QED) is 0.630. The smallest absolute Gasteiger partial charge is 0.230 e. The number of rotatable bonds is 10. The summed E-state index contributed by atoms with van der Waals surface area (Å²) in [6.45, 7) is 13.4. The second-order valence-corrected chi connectivity index (χ2v) is 6.86. The number of hydrogen-bond donors (Lipinski definition) is 2. The zero-order chi connectivity index (χ0) is 17.3. The first-order chi connectivity index (χ1) is 10.9. The summed E-state index contributed by atoms with van der Waals surface area (Å²) in [5, 5.41) is 6.28. The van der Waals surface area contributed by atoms with Crippen LogP contribution in [0.2, 0.25) is 0 Å². The van der Waals surface area contributed by atoms with Crippen LogP contribution in [-0.4, -0.2) is 32.1 Å². The molecule has 0 aliphatic carbocycles. The topological polar surface area (TPSA) is 50.4 Å². The van der Waals surface area contributed by atoms with Crippen LogP contribution in [0.1, 0.15) is 46.6 Å². The molecule has 24 heavy (non-hydrogen) atoms. The van der Waals surface area contributed by atoms with Crippen molar-refractivity contribution in [2.75, 3.05) is 26.2 Å². The van der Waals surface area contributed by atoms with Crippen LogP contribution in [-0.2, 0) is 10.2 Å². The maximum Gasteiger partial charge on any atom is 0.230 e. The van der Waals surface area contributed by atoms with E-state index in [9.17, 15) is 4.79 Å². The molecule has 0 saturated heterocycles. The standard InChI is InChI=1S/C19H32N2O2.ClH/c1-6-11-20-12-13-21-18(22)19(4,5)16-7-9-17(10-8-16)23-14-15(2)3;/h7-10,15,20H,6,11-14H2,1-5H3,(H,21,22);1H. The summed E-state index contributed by atoms with van der Waals surface area (Å²) in [5.74, 6) is 1.40. The van der Waals surface area contributed by atoms with E-state index in [4.69, 9.17) is 4.74 Å². The number of halogens is 1. The Morgan fingerprint density at radius 1 is 1.12 bits per heavy atom. The number of amides is 1. The Kier molecular flexibility index (Phi) is 10.7. The van der Waals surface area contributed by atoms with Gasteiger partial charge in [-0.3, -0.25) is 4.79 Å². The molecule has 138 valence electrons. The lowest BCUT2D eigenvalue weighted by atomic mass is 9.83. The fourth-order valence-electron chi connectivity index (χ4n) is 2.15. The van der Waals surface area contributed by atoms with E-state index in [0.717, 1.165) is 30.8 Å². The predicted molar refractivity (Wildman–Crippen MR) is 103 cm³/mol. The highest BCUT2D eigenvalue weighted by molar-refractivity contribution is 5.87. The fraction of sp³-hybridized carbons (Fsp3) is 0.632. The van der Waals surface area contributed by atoms with E-state index in [1.165, 1.54) is 0 Å². The van der Waals surface area contributed by atoms with E-state index < -0.39 is 5.41 Å². The van der Waals surface area contributed by atoms with Gasteiger partial charge in [0.1, 0.15) is 5.75 Å². The highest BCUT2D eigenvalue weighted by Crippen LogP contribution is 2.25. The minimum atomic E-state index is -0.554. The third-order valence-electron chi connectivity index (χ3n) is 3.74. The van der Waals surface area contributed by atoms with Gasteiger partial charge in [0.15, 0.2) is 0 Å². The zero-order valence-electron chi connectivity index (χ0n) is 15.6. The molecule has 4 nitrogen and oxygen atoms in total. The van der Waals surface area contributed by atoms with Gasteiger partial charge in [0.2, 0.25) is 5.91 Å². The molecule has 0 aliphatic heterocycles. The molecule has 2 N–H and O–H groups in total. The highest BCUT2D eigenvalue weighted by Gasteiger charge is 2.29. The summed E-state index contributed by atoms with van der Waals surface area (Å²) < 4.78 is 5.69. The number of nitrogens with one attached hydrogen (secondary N) is 2. The molecule has 0 bridgehead atoms. The third-order valence-corrected chi connectivity index (χ3v) is 3.74. The van der Waals surface area contributed by atoms with Gasteiger partial charge in [-0.15, -0.1) is 12.4 Å². The second-order valence-electron chi connectivity index (χ2n) is 6.86. The minimum absolute atomic E-state index is 0. The molecule has 0 heterocycles. The zero-order valence-corrected chi connectivity index (χ0v) is 16.5. The van der Waals surface area contributed by atoms with Crippen LogP contribution in [0, 0.1) is 5.92 Å². The number of carbonyl (C=O) groups is 1. The first kappa shape index (κ1) is 22.7. The monoisotopic (exact) mass is 356 g/mol. The fourth-order valence-corrected chi connectivity index (χ4v) is 2.15. The van der Waals surface area contributed by atoms with Gasteiger partial charge in [0, 0.05) is 13.1 Å². The maximum absolute atomic E-state index is 12.4. The normalized spacial score (nSPS) is 11.1. The molecule has 0 radical (unpaired) electrons. The summed E-state index contributed by atoms with van der Waals surface area (Å²) in [4.78, 5) is 12.4. The lowest BCUT2D eigenvalue weighted by Gasteiger charge is -2.24. The largest absolute Gasteiger partial charge is 0.493 e. The Bertz CT molecular complexity index is 473. The summed E-state index contributed by atoms with van der Waals surface area (Å²) in [5.41, 5.74) is 0.440. The van der Waals surface area contributed by atoms with Crippen molar-refractivity contribution in [1.29, 1.82) is 0 Å². The lowest BCUT2D eigenvalue weighted by molar-refractivity contribution is -0.125. The molecule has 0 fully saturated rings. The van der Waals surface area contributed by atoms with Crippen LogP contribution >= 0.6 is 12.4 Å². The van der Waals surface area contributed by atoms with E-state index >= 15 is 0 Å². The number of hydrogen-bond acceptors (Lipinski definition) is 3.